The summed E-state index contributed by atoms with van der Waals surface area (Å²) < 4.78 is 6.28. The molecule has 0 aliphatic heterocycles. The van der Waals surface area contributed by atoms with Crippen molar-refractivity contribution in [3.05, 3.63) is 27.5 Å². The van der Waals surface area contributed by atoms with Gasteiger partial charge in [-0.3, -0.25) is 0 Å². The molecule has 16 heavy (non-hydrogen) atoms. The second-order valence-electron chi connectivity index (χ2n) is 4.57. The van der Waals surface area contributed by atoms with Gasteiger partial charge in [0.2, 0.25) is 0 Å². The Balaban J connectivity index is 2.20. The van der Waals surface area contributed by atoms with Gasteiger partial charge in [-0.1, -0.05) is 18.6 Å². The molecule has 1 heterocycles. The molecule has 0 aliphatic rings. The Hall–Kier alpha value is -0.320. The van der Waals surface area contributed by atoms with Gasteiger partial charge in [0.15, 0.2) is 5.89 Å². The molecule has 0 fully saturated rings. The number of nitrogens with zero attached hydrogens (tertiary/aromatic N) is 1. The van der Waals surface area contributed by atoms with Crippen molar-refractivity contribution in [1.29, 1.82) is 0 Å². The third-order valence-electron chi connectivity index (χ3n) is 2.59. The van der Waals surface area contributed by atoms with E-state index in [1.807, 2.05) is 0 Å². The van der Waals surface area contributed by atoms with Crippen LogP contribution in [0.2, 0.25) is 0 Å². The Labute approximate surface area is 112 Å². The number of halogens is 1. The lowest BCUT2D eigenvalue weighted by Crippen LogP contribution is -1.97. The highest BCUT2D eigenvalue weighted by Crippen LogP contribution is 2.15. The summed E-state index contributed by atoms with van der Waals surface area (Å²) >= 11 is 2.17. The molecule has 0 spiro atoms. The lowest BCUT2D eigenvalue weighted by molar-refractivity contribution is 0.436. The van der Waals surface area contributed by atoms with Crippen LogP contribution in [0.25, 0.3) is 0 Å². The van der Waals surface area contributed by atoms with E-state index >= 15 is 0 Å². The van der Waals surface area contributed by atoms with E-state index in [1.54, 1.807) is 6.26 Å². The van der Waals surface area contributed by atoms with Crippen LogP contribution in [0.15, 0.2) is 22.3 Å². The second-order valence-corrected chi connectivity index (χ2v) is 5.67. The molecule has 1 atom stereocenters. The van der Waals surface area contributed by atoms with Gasteiger partial charge in [-0.15, -0.1) is 0 Å². The molecule has 1 aromatic rings. The molecule has 0 amide bonds. The molecule has 0 radical (unpaired) electrons. The molecule has 1 aromatic heterocycles. The molecule has 0 N–H and O–H groups in total. The SMILES string of the molecule is CC(C)=CCCC(C)CCc1nc(I)co1. The van der Waals surface area contributed by atoms with Crippen molar-refractivity contribution < 1.29 is 4.42 Å². The first kappa shape index (κ1) is 13.7. The van der Waals surface area contributed by atoms with Crippen LogP contribution < -0.4 is 0 Å². The fraction of sp³-hybridized carbons (Fsp3) is 0.615. The third-order valence-corrected chi connectivity index (χ3v) is 3.08. The normalized spacial score (nSPS) is 12.5. The molecule has 0 aliphatic carbocycles. The summed E-state index contributed by atoms with van der Waals surface area (Å²) in [6, 6.07) is 0. The van der Waals surface area contributed by atoms with Crippen LogP contribution in [0.3, 0.4) is 0 Å². The van der Waals surface area contributed by atoms with E-state index in [1.165, 1.54) is 18.4 Å². The maximum Gasteiger partial charge on any atom is 0.195 e. The van der Waals surface area contributed by atoms with Gasteiger partial charge in [-0.05, 0) is 61.6 Å². The quantitative estimate of drug-likeness (QED) is 0.562. The molecule has 2 nitrogen and oxygen atoms in total. The smallest absolute Gasteiger partial charge is 0.195 e. The highest BCUT2D eigenvalue weighted by Gasteiger charge is 2.05. The monoisotopic (exact) mass is 333 g/mol. The summed E-state index contributed by atoms with van der Waals surface area (Å²) in [6.45, 7) is 6.60. The molecule has 0 bridgehead atoms. The highest BCUT2D eigenvalue weighted by atomic mass is 127. The number of rotatable bonds is 6. The summed E-state index contributed by atoms with van der Waals surface area (Å²) in [4.78, 5) is 4.30. The minimum absolute atomic E-state index is 0.736. The van der Waals surface area contributed by atoms with Crippen molar-refractivity contribution in [2.24, 2.45) is 5.92 Å². The van der Waals surface area contributed by atoms with Crippen molar-refractivity contribution >= 4 is 22.6 Å². The van der Waals surface area contributed by atoms with Gasteiger partial charge >= 0.3 is 0 Å². The van der Waals surface area contributed by atoms with E-state index in [0.717, 1.165) is 28.4 Å². The van der Waals surface area contributed by atoms with E-state index in [0.29, 0.717) is 0 Å². The Morgan fingerprint density at radius 2 is 2.25 bits per heavy atom. The maximum absolute atomic E-state index is 5.33. The van der Waals surface area contributed by atoms with Crippen LogP contribution in [-0.4, -0.2) is 4.98 Å². The first-order valence-electron chi connectivity index (χ1n) is 5.81. The molecule has 3 heteroatoms. The zero-order chi connectivity index (χ0) is 12.0. The number of oxazole rings is 1. The average molecular weight is 333 g/mol. The van der Waals surface area contributed by atoms with Gasteiger partial charge < -0.3 is 4.42 Å². The highest BCUT2D eigenvalue weighted by molar-refractivity contribution is 14.1. The number of allylic oxidation sites excluding steroid dienone is 2. The Morgan fingerprint density at radius 1 is 1.50 bits per heavy atom. The molecule has 90 valence electrons. The molecule has 0 saturated carbocycles. The van der Waals surface area contributed by atoms with Crippen molar-refractivity contribution in [1.82, 2.24) is 4.98 Å². The van der Waals surface area contributed by atoms with Crippen molar-refractivity contribution in [2.75, 3.05) is 0 Å². The lowest BCUT2D eigenvalue weighted by atomic mass is 9.99. The molecular formula is C13H20INO. The van der Waals surface area contributed by atoms with Crippen LogP contribution >= 0.6 is 22.6 Å². The fourth-order valence-electron chi connectivity index (χ4n) is 1.57. The van der Waals surface area contributed by atoms with Gasteiger partial charge in [0, 0.05) is 6.42 Å². The first-order valence-corrected chi connectivity index (χ1v) is 6.89. The number of aromatic nitrogens is 1. The van der Waals surface area contributed by atoms with Crippen LogP contribution in [0.1, 0.15) is 45.9 Å². The average Bonchev–Trinajstić information content (AvgIpc) is 2.61. The van der Waals surface area contributed by atoms with E-state index in [2.05, 4.69) is 54.4 Å². The Morgan fingerprint density at radius 3 is 2.81 bits per heavy atom. The van der Waals surface area contributed by atoms with Gasteiger partial charge in [0.1, 0.15) is 9.96 Å². The van der Waals surface area contributed by atoms with E-state index in [9.17, 15) is 0 Å². The second kappa shape index (κ2) is 7.09. The molecule has 0 aromatic carbocycles. The zero-order valence-corrected chi connectivity index (χ0v) is 12.5. The number of aryl methyl sites for hydroxylation is 1. The molecular weight excluding hydrogens is 313 g/mol. The number of hydrogen-bond acceptors (Lipinski definition) is 2. The standard InChI is InChI=1S/C13H20INO/c1-10(2)5-4-6-11(3)7-8-13-15-12(14)9-16-13/h5,9,11H,4,6-8H2,1-3H3. The van der Waals surface area contributed by atoms with Crippen molar-refractivity contribution in [2.45, 2.75) is 46.5 Å². The van der Waals surface area contributed by atoms with E-state index < -0.39 is 0 Å². The van der Waals surface area contributed by atoms with Gasteiger partial charge in [0.25, 0.3) is 0 Å². The zero-order valence-electron chi connectivity index (χ0n) is 10.3. The minimum Gasteiger partial charge on any atom is -0.448 e. The fourth-order valence-corrected chi connectivity index (χ4v) is 1.97. The minimum atomic E-state index is 0.736. The topological polar surface area (TPSA) is 26.0 Å². The predicted octanol–water partition coefficient (Wildman–Crippen LogP) is 4.59. The molecule has 0 saturated heterocycles. The third kappa shape index (κ3) is 5.68. The van der Waals surface area contributed by atoms with E-state index in [-0.39, 0.29) is 0 Å². The summed E-state index contributed by atoms with van der Waals surface area (Å²) in [6.07, 6.45) is 8.58. The summed E-state index contributed by atoms with van der Waals surface area (Å²) in [5.74, 6) is 1.61. The largest absolute Gasteiger partial charge is 0.448 e. The van der Waals surface area contributed by atoms with Crippen LogP contribution in [0.4, 0.5) is 0 Å². The number of hydrogen-bond donors (Lipinski definition) is 0. The van der Waals surface area contributed by atoms with E-state index in [4.69, 9.17) is 4.42 Å². The Kier molecular flexibility index (Phi) is 6.09. The predicted molar refractivity (Wildman–Crippen MR) is 75.4 cm³/mol. The molecule has 1 unspecified atom stereocenters. The van der Waals surface area contributed by atoms with Crippen molar-refractivity contribution in [3.63, 3.8) is 0 Å². The molecule has 1 rings (SSSR count). The van der Waals surface area contributed by atoms with Crippen LogP contribution in [0.5, 0.6) is 0 Å². The van der Waals surface area contributed by atoms with Crippen molar-refractivity contribution in [3.8, 4) is 0 Å². The van der Waals surface area contributed by atoms with Gasteiger partial charge in [-0.25, -0.2) is 4.98 Å². The van der Waals surface area contributed by atoms with Gasteiger partial charge in [0.05, 0.1) is 0 Å². The summed E-state index contributed by atoms with van der Waals surface area (Å²) in [7, 11) is 0. The van der Waals surface area contributed by atoms with Gasteiger partial charge in [-0.2, -0.15) is 0 Å². The summed E-state index contributed by atoms with van der Waals surface area (Å²) in [5.41, 5.74) is 1.41. The summed E-state index contributed by atoms with van der Waals surface area (Å²) in [5, 5.41) is 0. The maximum atomic E-state index is 5.33. The Bertz CT molecular complexity index is 339. The first-order chi connectivity index (χ1) is 7.58. The lowest BCUT2D eigenvalue weighted by Gasteiger charge is -2.07. The van der Waals surface area contributed by atoms with Crippen LogP contribution in [0, 0.1) is 9.62 Å². The van der Waals surface area contributed by atoms with Crippen LogP contribution in [-0.2, 0) is 6.42 Å².